The number of carbonyl (C=O) groups excluding carboxylic acids is 3. The zero-order valence-electron chi connectivity index (χ0n) is 44.6. The number of carbonyl (C=O) groups is 6. The molecule has 1 aliphatic rings. The van der Waals surface area contributed by atoms with Gasteiger partial charge in [-0.3, -0.25) is 28.8 Å². The van der Waals surface area contributed by atoms with Gasteiger partial charge in [-0.1, -0.05) is 66.5 Å². The van der Waals surface area contributed by atoms with Crippen molar-refractivity contribution in [1.82, 2.24) is 16.0 Å². The molecule has 0 heterocycles. The van der Waals surface area contributed by atoms with E-state index in [1.54, 1.807) is 24.3 Å². The maximum absolute atomic E-state index is 12.0. The SMILES string of the molecule is CCC(C)Nc1cccc(COc2c(Br)cc(C(=O)NCC(=O)O)cc2Br)c1.CCNc1cccc(COc2c(Cl)cc(C(=O)NCC(=O)O)cc2Cl)c1.O=C(O)CNC(=O)c1cc(Br)c(OCc2cccc(NC3CCC3)c2)c(Br)c1. The van der Waals surface area contributed by atoms with E-state index in [4.69, 9.17) is 52.7 Å². The van der Waals surface area contributed by atoms with Crippen molar-refractivity contribution in [1.29, 1.82) is 0 Å². The molecular formula is C58H60Br4Cl2N6O12. The van der Waals surface area contributed by atoms with Crippen LogP contribution in [0.25, 0.3) is 0 Å². The number of aliphatic carboxylic acids is 3. The first-order valence-corrected chi connectivity index (χ1v) is 29.4. The Kier molecular flexibility index (Phi) is 27.1. The normalized spacial score (nSPS) is 11.8. The number of hydrogen-bond acceptors (Lipinski definition) is 12. The van der Waals surface area contributed by atoms with Gasteiger partial charge in [0.1, 0.15) is 51.0 Å². The Morgan fingerprint density at radius 2 is 0.902 bits per heavy atom. The average molecular weight is 1420 g/mol. The lowest BCUT2D eigenvalue weighted by Crippen LogP contribution is -2.29. The van der Waals surface area contributed by atoms with Gasteiger partial charge >= 0.3 is 17.9 Å². The van der Waals surface area contributed by atoms with Crippen LogP contribution in [0.5, 0.6) is 17.2 Å². The van der Waals surface area contributed by atoms with Crippen LogP contribution in [-0.2, 0) is 34.2 Å². The minimum absolute atomic E-state index is 0.155. The molecule has 1 aliphatic carbocycles. The molecule has 0 radical (unpaired) electrons. The Balaban J connectivity index is 0.000000226. The standard InChI is InChI=1S/C20H20Br2N2O4.C20H22Br2N2O4.C18H18Cl2N2O4/c21-16-8-13(20(27)23-10-18(25)26)9-17(22)19(16)28-11-12-3-1-6-15(7-12)24-14-4-2-5-14;1-3-12(2)24-15-6-4-5-13(7-15)11-28-19-16(21)8-14(9-17(19)22)20(27)23-10-18(25)26;1-2-21-13-5-3-4-11(6-13)10-26-17-14(19)7-12(8-15(17)20)18(25)22-9-16(23)24/h1,3,6-9,14,24H,2,4-5,10-11H2,(H,23,27)(H,25,26);4-9,12,24H,3,10-11H2,1-2H3,(H,23,27)(H,25,26);3-8,21H,2,9-10H2,1H3,(H,22,25)(H,23,24). The molecule has 3 amide bonds. The van der Waals surface area contributed by atoms with Crippen LogP contribution in [0.1, 0.15) is 94.2 Å². The van der Waals surface area contributed by atoms with E-state index in [0.29, 0.717) is 65.8 Å². The summed E-state index contributed by atoms with van der Waals surface area (Å²) in [4.78, 5) is 67.7. The van der Waals surface area contributed by atoms with Crippen LogP contribution < -0.4 is 46.1 Å². The summed E-state index contributed by atoms with van der Waals surface area (Å²) in [6.45, 7) is 6.71. The largest absolute Gasteiger partial charge is 0.487 e. The summed E-state index contributed by atoms with van der Waals surface area (Å²) < 4.78 is 20.0. The van der Waals surface area contributed by atoms with Gasteiger partial charge < -0.3 is 61.4 Å². The monoisotopic (exact) mass is 1420 g/mol. The van der Waals surface area contributed by atoms with E-state index in [9.17, 15) is 28.8 Å². The lowest BCUT2D eigenvalue weighted by molar-refractivity contribution is -0.136. The first-order valence-electron chi connectivity index (χ1n) is 25.5. The number of hydrogen-bond donors (Lipinski definition) is 9. The summed E-state index contributed by atoms with van der Waals surface area (Å²) in [7, 11) is 0. The highest BCUT2D eigenvalue weighted by atomic mass is 79.9. The third-order valence-corrected chi connectivity index (χ3v) is 14.7. The Morgan fingerprint density at radius 3 is 1.28 bits per heavy atom. The smallest absolute Gasteiger partial charge is 0.322 e. The van der Waals surface area contributed by atoms with E-state index in [2.05, 4.69) is 122 Å². The third-order valence-electron chi connectivity index (χ3n) is 11.8. The Bertz CT molecular complexity index is 3020. The van der Waals surface area contributed by atoms with Crippen molar-refractivity contribution in [2.75, 3.05) is 42.1 Å². The van der Waals surface area contributed by atoms with Gasteiger partial charge in [-0.15, -0.1) is 0 Å². The van der Waals surface area contributed by atoms with Crippen LogP contribution in [0.4, 0.5) is 17.1 Å². The molecule has 0 saturated heterocycles. The second-order valence-electron chi connectivity index (χ2n) is 18.3. The summed E-state index contributed by atoms with van der Waals surface area (Å²) in [5.74, 6) is -3.46. The number of carboxylic acid groups (broad SMARTS) is 3. The second-order valence-corrected chi connectivity index (χ2v) is 22.5. The van der Waals surface area contributed by atoms with Crippen molar-refractivity contribution in [3.8, 4) is 17.2 Å². The van der Waals surface area contributed by atoms with E-state index in [1.165, 1.54) is 31.4 Å². The van der Waals surface area contributed by atoms with Crippen LogP contribution in [0, 0.1) is 0 Å². The Labute approximate surface area is 518 Å². The van der Waals surface area contributed by atoms with Gasteiger partial charge in [0, 0.05) is 52.4 Å². The molecular weight excluding hydrogens is 1360 g/mol. The topological polar surface area (TPSA) is 263 Å². The molecule has 1 fully saturated rings. The molecule has 6 aromatic rings. The molecule has 0 spiro atoms. The molecule has 82 heavy (non-hydrogen) atoms. The number of carboxylic acids is 3. The van der Waals surface area contributed by atoms with Gasteiger partial charge in [-0.2, -0.15) is 0 Å². The van der Waals surface area contributed by atoms with Gasteiger partial charge in [0.15, 0.2) is 5.75 Å². The molecule has 18 nitrogen and oxygen atoms in total. The maximum atomic E-state index is 12.0. The lowest BCUT2D eigenvalue weighted by atomic mass is 9.93. The number of amides is 3. The fourth-order valence-electron chi connectivity index (χ4n) is 7.38. The molecule has 7 rings (SSSR count). The van der Waals surface area contributed by atoms with Crippen molar-refractivity contribution in [3.63, 3.8) is 0 Å². The predicted molar refractivity (Wildman–Crippen MR) is 331 cm³/mol. The molecule has 0 aromatic heterocycles. The molecule has 0 aliphatic heterocycles. The van der Waals surface area contributed by atoms with E-state index in [-0.39, 0.29) is 28.0 Å². The van der Waals surface area contributed by atoms with Crippen LogP contribution >= 0.6 is 86.9 Å². The Hall–Kier alpha value is -6.56. The molecule has 9 N–H and O–H groups in total. The third kappa shape index (κ3) is 22.0. The maximum Gasteiger partial charge on any atom is 0.322 e. The predicted octanol–water partition coefficient (Wildman–Crippen LogP) is 13.2. The molecule has 1 saturated carbocycles. The molecule has 6 aromatic carbocycles. The van der Waals surface area contributed by atoms with Crippen molar-refractivity contribution < 1.29 is 58.3 Å². The minimum Gasteiger partial charge on any atom is -0.487 e. The summed E-state index contributed by atoms with van der Waals surface area (Å²) in [6.07, 6.45) is 4.75. The zero-order valence-corrected chi connectivity index (χ0v) is 52.5. The summed E-state index contributed by atoms with van der Waals surface area (Å²) in [5.41, 5.74) is 6.90. The Morgan fingerprint density at radius 1 is 0.537 bits per heavy atom. The fraction of sp³-hybridized carbons (Fsp3) is 0.276. The van der Waals surface area contributed by atoms with Crippen molar-refractivity contribution in [2.24, 2.45) is 0 Å². The quantitative estimate of drug-likeness (QED) is 0.0258. The van der Waals surface area contributed by atoms with Gasteiger partial charge in [0.05, 0.1) is 27.9 Å². The first kappa shape index (κ1) is 66.2. The number of halogens is 6. The molecule has 436 valence electrons. The minimum atomic E-state index is -1.14. The lowest BCUT2D eigenvalue weighted by Gasteiger charge is -2.27. The average Bonchev–Trinajstić information content (AvgIpc) is 3.45. The number of anilines is 3. The number of benzene rings is 6. The van der Waals surface area contributed by atoms with Crippen molar-refractivity contribution in [2.45, 2.75) is 78.4 Å². The highest BCUT2D eigenvalue weighted by molar-refractivity contribution is 9.11. The molecule has 1 atom stereocenters. The summed E-state index contributed by atoms with van der Waals surface area (Å²) >= 11 is 26.0. The zero-order chi connectivity index (χ0) is 59.9. The van der Waals surface area contributed by atoms with Crippen LogP contribution in [0.3, 0.4) is 0 Å². The number of ether oxygens (including phenoxy) is 3. The highest BCUT2D eigenvalue weighted by Gasteiger charge is 2.20. The first-order chi connectivity index (χ1) is 39.1. The highest BCUT2D eigenvalue weighted by Crippen LogP contribution is 2.38. The molecule has 24 heteroatoms. The van der Waals surface area contributed by atoms with E-state index < -0.39 is 55.3 Å². The van der Waals surface area contributed by atoms with Gasteiger partial charge in [-0.25, -0.2) is 0 Å². The summed E-state index contributed by atoms with van der Waals surface area (Å²) in [5, 5.41) is 43.3. The summed E-state index contributed by atoms with van der Waals surface area (Å²) in [6, 6.07) is 34.0. The van der Waals surface area contributed by atoms with Crippen LogP contribution in [0.2, 0.25) is 10.0 Å². The number of rotatable bonds is 25. The van der Waals surface area contributed by atoms with Gasteiger partial charge in [0.2, 0.25) is 0 Å². The molecule has 0 bridgehead atoms. The van der Waals surface area contributed by atoms with Gasteiger partial charge in [0.25, 0.3) is 17.7 Å². The fourth-order valence-corrected chi connectivity index (χ4v) is 10.8. The van der Waals surface area contributed by atoms with E-state index >= 15 is 0 Å². The molecule has 1 unspecified atom stereocenters. The van der Waals surface area contributed by atoms with Crippen molar-refractivity contribution >= 4 is 140 Å². The van der Waals surface area contributed by atoms with E-state index in [1.807, 2.05) is 67.6 Å². The second kappa shape index (κ2) is 33.5. The number of nitrogens with one attached hydrogen (secondary N) is 6. The van der Waals surface area contributed by atoms with E-state index in [0.717, 1.165) is 46.7 Å². The van der Waals surface area contributed by atoms with Crippen LogP contribution in [0.15, 0.2) is 127 Å². The van der Waals surface area contributed by atoms with Crippen LogP contribution in [-0.4, -0.2) is 89.2 Å². The van der Waals surface area contributed by atoms with Gasteiger partial charge in [-0.05, 0) is 193 Å². The van der Waals surface area contributed by atoms with Crippen molar-refractivity contribution in [3.05, 3.63) is 171 Å².